The summed E-state index contributed by atoms with van der Waals surface area (Å²) in [6, 6.07) is 5.06. The molecule has 2 N–H and O–H groups in total. The van der Waals surface area contributed by atoms with Crippen LogP contribution in [0.25, 0.3) is 0 Å². The summed E-state index contributed by atoms with van der Waals surface area (Å²) in [6.07, 6.45) is 0. The number of aromatic nitrogens is 1. The molecule has 0 atom stereocenters. The van der Waals surface area contributed by atoms with Gasteiger partial charge in [0.1, 0.15) is 11.6 Å². The molecule has 17 heavy (non-hydrogen) atoms. The van der Waals surface area contributed by atoms with E-state index in [0.717, 1.165) is 0 Å². The predicted molar refractivity (Wildman–Crippen MR) is 66.6 cm³/mol. The summed E-state index contributed by atoms with van der Waals surface area (Å²) in [5, 5.41) is 5.25. The molecule has 2 amide bonds. The van der Waals surface area contributed by atoms with Gasteiger partial charge in [-0.15, -0.1) is 0 Å². The van der Waals surface area contributed by atoms with Crippen LogP contribution >= 0.6 is 0 Å². The predicted octanol–water partition coefficient (Wildman–Crippen LogP) is 2.02. The van der Waals surface area contributed by atoms with E-state index in [-0.39, 0.29) is 11.8 Å². The van der Waals surface area contributed by atoms with Gasteiger partial charge in [0.15, 0.2) is 0 Å². The number of nitrogens with zero attached hydrogens (tertiary/aromatic N) is 1. The van der Waals surface area contributed by atoms with Crippen molar-refractivity contribution >= 4 is 23.5 Å². The van der Waals surface area contributed by atoms with Gasteiger partial charge < -0.3 is 10.6 Å². The van der Waals surface area contributed by atoms with E-state index in [1.54, 1.807) is 18.2 Å². The van der Waals surface area contributed by atoms with E-state index >= 15 is 0 Å². The van der Waals surface area contributed by atoms with Gasteiger partial charge in [0.2, 0.25) is 11.8 Å². The van der Waals surface area contributed by atoms with Crippen LogP contribution in [0.2, 0.25) is 0 Å². The van der Waals surface area contributed by atoms with E-state index in [4.69, 9.17) is 0 Å². The molecule has 0 aliphatic carbocycles. The third-order valence-electron chi connectivity index (χ3n) is 1.98. The number of pyridine rings is 1. The van der Waals surface area contributed by atoms with E-state index < -0.39 is 5.41 Å². The Morgan fingerprint density at radius 3 is 2.12 bits per heavy atom. The summed E-state index contributed by atoms with van der Waals surface area (Å²) < 4.78 is 0. The van der Waals surface area contributed by atoms with Crippen molar-refractivity contribution in [2.45, 2.75) is 27.7 Å². The highest BCUT2D eigenvalue weighted by Crippen LogP contribution is 2.17. The summed E-state index contributed by atoms with van der Waals surface area (Å²) in [5.41, 5.74) is -0.480. The van der Waals surface area contributed by atoms with Crippen LogP contribution in [0, 0.1) is 5.41 Å². The molecule has 0 bridgehead atoms. The first-order valence-corrected chi connectivity index (χ1v) is 5.35. The monoisotopic (exact) mass is 235 g/mol. The van der Waals surface area contributed by atoms with E-state index in [1.807, 2.05) is 20.8 Å². The maximum Gasteiger partial charge on any atom is 0.230 e. The minimum absolute atomic E-state index is 0.120. The van der Waals surface area contributed by atoms with Gasteiger partial charge >= 0.3 is 0 Å². The average molecular weight is 235 g/mol. The molecule has 5 heteroatoms. The first-order chi connectivity index (χ1) is 7.79. The molecule has 0 aliphatic rings. The fourth-order valence-corrected chi connectivity index (χ4v) is 1.06. The fraction of sp³-hybridized carbons (Fsp3) is 0.417. The van der Waals surface area contributed by atoms with Crippen LogP contribution in [-0.4, -0.2) is 16.8 Å². The maximum absolute atomic E-state index is 11.7. The first kappa shape index (κ1) is 13.2. The second kappa shape index (κ2) is 4.95. The van der Waals surface area contributed by atoms with E-state index in [9.17, 15) is 9.59 Å². The largest absolute Gasteiger partial charge is 0.311 e. The van der Waals surface area contributed by atoms with Gasteiger partial charge in [-0.05, 0) is 12.1 Å². The highest BCUT2D eigenvalue weighted by molar-refractivity contribution is 5.94. The van der Waals surface area contributed by atoms with Crippen LogP contribution in [0.15, 0.2) is 18.2 Å². The van der Waals surface area contributed by atoms with E-state index in [0.29, 0.717) is 11.6 Å². The van der Waals surface area contributed by atoms with Crippen LogP contribution in [0.1, 0.15) is 27.7 Å². The van der Waals surface area contributed by atoms with E-state index in [2.05, 4.69) is 15.6 Å². The minimum atomic E-state index is -0.480. The molecule has 1 aromatic heterocycles. The molecule has 0 saturated carbocycles. The van der Waals surface area contributed by atoms with Crippen molar-refractivity contribution in [3.8, 4) is 0 Å². The molecule has 1 aromatic rings. The van der Waals surface area contributed by atoms with Crippen LogP contribution in [0.3, 0.4) is 0 Å². The summed E-state index contributed by atoms with van der Waals surface area (Å²) in [5.74, 6) is 0.530. The fourth-order valence-electron chi connectivity index (χ4n) is 1.06. The highest BCUT2D eigenvalue weighted by Gasteiger charge is 2.21. The van der Waals surface area contributed by atoms with Crippen molar-refractivity contribution in [3.05, 3.63) is 18.2 Å². The van der Waals surface area contributed by atoms with Gasteiger partial charge in [0.05, 0.1) is 0 Å². The number of hydrogen-bond acceptors (Lipinski definition) is 3. The molecule has 1 rings (SSSR count). The number of nitrogens with one attached hydrogen (secondary N) is 2. The van der Waals surface area contributed by atoms with Crippen LogP contribution in [0.5, 0.6) is 0 Å². The number of rotatable bonds is 2. The second-order valence-electron chi connectivity index (χ2n) is 4.79. The van der Waals surface area contributed by atoms with Gasteiger partial charge in [-0.3, -0.25) is 9.59 Å². The van der Waals surface area contributed by atoms with Gasteiger partial charge in [-0.2, -0.15) is 0 Å². The van der Waals surface area contributed by atoms with Gasteiger partial charge in [0, 0.05) is 12.3 Å². The van der Waals surface area contributed by atoms with E-state index in [1.165, 1.54) is 6.92 Å². The zero-order chi connectivity index (χ0) is 13.1. The van der Waals surface area contributed by atoms with Crippen molar-refractivity contribution < 1.29 is 9.59 Å². The van der Waals surface area contributed by atoms with Crippen molar-refractivity contribution in [1.82, 2.24) is 4.98 Å². The third kappa shape index (κ3) is 4.22. The molecule has 0 unspecified atom stereocenters. The van der Waals surface area contributed by atoms with Gasteiger partial charge in [0.25, 0.3) is 0 Å². The number of hydrogen-bond donors (Lipinski definition) is 2. The van der Waals surface area contributed by atoms with Crippen LogP contribution < -0.4 is 10.6 Å². The highest BCUT2D eigenvalue weighted by atomic mass is 16.2. The second-order valence-corrected chi connectivity index (χ2v) is 4.79. The van der Waals surface area contributed by atoms with Crippen LogP contribution in [-0.2, 0) is 9.59 Å². The molecule has 0 fully saturated rings. The minimum Gasteiger partial charge on any atom is -0.311 e. The van der Waals surface area contributed by atoms with Crippen molar-refractivity contribution in [3.63, 3.8) is 0 Å². The Kier molecular flexibility index (Phi) is 3.83. The Labute approximate surface area is 101 Å². The lowest BCUT2D eigenvalue weighted by Crippen LogP contribution is -2.28. The van der Waals surface area contributed by atoms with Crippen molar-refractivity contribution in [2.75, 3.05) is 10.6 Å². The molecule has 1 heterocycles. The quantitative estimate of drug-likeness (QED) is 0.823. The summed E-state index contributed by atoms with van der Waals surface area (Å²) >= 11 is 0. The topological polar surface area (TPSA) is 71.1 Å². The van der Waals surface area contributed by atoms with Crippen LogP contribution in [0.4, 0.5) is 11.6 Å². The SMILES string of the molecule is CC(=O)Nc1cccc(NC(=O)C(C)(C)C)n1. The maximum atomic E-state index is 11.7. The van der Waals surface area contributed by atoms with Crippen molar-refractivity contribution in [2.24, 2.45) is 5.41 Å². The Morgan fingerprint density at radius 1 is 1.12 bits per heavy atom. The molecule has 0 saturated heterocycles. The molecule has 0 radical (unpaired) electrons. The number of anilines is 2. The van der Waals surface area contributed by atoms with Gasteiger partial charge in [-0.25, -0.2) is 4.98 Å². The number of amides is 2. The number of carbonyl (C=O) groups is 2. The smallest absolute Gasteiger partial charge is 0.230 e. The summed E-state index contributed by atoms with van der Waals surface area (Å²) in [7, 11) is 0. The lowest BCUT2D eigenvalue weighted by atomic mass is 9.96. The lowest BCUT2D eigenvalue weighted by molar-refractivity contribution is -0.123. The summed E-state index contributed by atoms with van der Waals surface area (Å²) in [4.78, 5) is 26.7. The molecule has 0 aliphatic heterocycles. The lowest BCUT2D eigenvalue weighted by Gasteiger charge is -2.17. The zero-order valence-electron chi connectivity index (χ0n) is 10.5. The molecule has 92 valence electrons. The third-order valence-corrected chi connectivity index (χ3v) is 1.98. The summed E-state index contributed by atoms with van der Waals surface area (Å²) in [6.45, 7) is 6.86. The first-order valence-electron chi connectivity index (χ1n) is 5.35. The molecular weight excluding hydrogens is 218 g/mol. The zero-order valence-corrected chi connectivity index (χ0v) is 10.5. The standard InChI is InChI=1S/C12H17N3O2/c1-8(16)13-9-6-5-7-10(14-9)15-11(17)12(2,3)4/h5-7H,1-4H3,(H2,13,14,15,16,17). The number of carbonyl (C=O) groups excluding carboxylic acids is 2. The Bertz CT molecular complexity index is 436. The molecule has 0 spiro atoms. The molecular formula is C12H17N3O2. The molecule has 0 aromatic carbocycles. The van der Waals surface area contributed by atoms with Gasteiger partial charge in [-0.1, -0.05) is 26.8 Å². The van der Waals surface area contributed by atoms with Crippen molar-refractivity contribution in [1.29, 1.82) is 0 Å². The Balaban J connectivity index is 2.79. The molecule has 5 nitrogen and oxygen atoms in total. The average Bonchev–Trinajstić information content (AvgIpc) is 2.15. The Hall–Kier alpha value is -1.91. The normalized spacial score (nSPS) is 10.8. The Morgan fingerprint density at radius 2 is 1.65 bits per heavy atom.